The SMILES string of the molecule is COc1ccc([C@@H](NC(=O)c2cc(C(C)C)nc3c2c(=O)[nH]c(=O)n3C)C2CC2)cc1. The Labute approximate surface area is 179 Å². The Kier molecular flexibility index (Phi) is 5.39. The van der Waals surface area contributed by atoms with Crippen molar-refractivity contribution in [1.82, 2.24) is 19.9 Å². The number of hydrogen-bond donors (Lipinski definition) is 2. The van der Waals surface area contributed by atoms with E-state index in [1.807, 2.05) is 38.1 Å². The number of carbonyl (C=O) groups excluding carboxylic acids is 1. The van der Waals surface area contributed by atoms with Crippen LogP contribution >= 0.6 is 0 Å². The summed E-state index contributed by atoms with van der Waals surface area (Å²) in [6.45, 7) is 3.90. The van der Waals surface area contributed by atoms with Crippen LogP contribution in [0.1, 0.15) is 60.3 Å². The molecule has 0 unspecified atom stereocenters. The fourth-order valence-electron chi connectivity index (χ4n) is 3.77. The molecule has 162 valence electrons. The summed E-state index contributed by atoms with van der Waals surface area (Å²) in [5, 5.41) is 3.24. The molecule has 1 aliphatic rings. The molecule has 1 saturated carbocycles. The van der Waals surface area contributed by atoms with Gasteiger partial charge in [-0.15, -0.1) is 0 Å². The maximum absolute atomic E-state index is 13.4. The van der Waals surface area contributed by atoms with Crippen LogP contribution < -0.4 is 21.3 Å². The van der Waals surface area contributed by atoms with Gasteiger partial charge in [-0.2, -0.15) is 0 Å². The number of nitrogens with one attached hydrogen (secondary N) is 2. The number of aromatic amines is 1. The zero-order valence-electron chi connectivity index (χ0n) is 18.1. The van der Waals surface area contributed by atoms with Gasteiger partial charge in [0.15, 0.2) is 0 Å². The summed E-state index contributed by atoms with van der Waals surface area (Å²) >= 11 is 0. The maximum atomic E-state index is 13.4. The lowest BCUT2D eigenvalue weighted by Gasteiger charge is -2.20. The molecule has 0 saturated heterocycles. The van der Waals surface area contributed by atoms with E-state index in [0.717, 1.165) is 24.2 Å². The van der Waals surface area contributed by atoms with E-state index in [1.54, 1.807) is 13.2 Å². The normalized spacial score (nSPS) is 14.6. The summed E-state index contributed by atoms with van der Waals surface area (Å²) in [7, 11) is 3.14. The maximum Gasteiger partial charge on any atom is 0.329 e. The van der Waals surface area contributed by atoms with Crippen molar-refractivity contribution in [1.29, 1.82) is 0 Å². The van der Waals surface area contributed by atoms with Crippen molar-refractivity contribution in [2.24, 2.45) is 13.0 Å². The monoisotopic (exact) mass is 422 g/mol. The molecule has 1 aliphatic carbocycles. The van der Waals surface area contributed by atoms with Gasteiger partial charge in [-0.3, -0.25) is 19.1 Å². The van der Waals surface area contributed by atoms with Crippen LogP contribution in [-0.4, -0.2) is 27.6 Å². The first-order valence-electron chi connectivity index (χ1n) is 10.4. The zero-order chi connectivity index (χ0) is 22.3. The smallest absolute Gasteiger partial charge is 0.329 e. The first-order chi connectivity index (χ1) is 14.8. The van der Waals surface area contributed by atoms with Gasteiger partial charge < -0.3 is 10.1 Å². The fourth-order valence-corrected chi connectivity index (χ4v) is 3.77. The van der Waals surface area contributed by atoms with Gasteiger partial charge in [0.25, 0.3) is 11.5 Å². The largest absolute Gasteiger partial charge is 0.497 e. The molecule has 1 fully saturated rings. The van der Waals surface area contributed by atoms with Crippen molar-refractivity contribution < 1.29 is 9.53 Å². The highest BCUT2D eigenvalue weighted by atomic mass is 16.5. The summed E-state index contributed by atoms with van der Waals surface area (Å²) in [5.41, 5.74) is 0.887. The molecule has 31 heavy (non-hydrogen) atoms. The number of carbonyl (C=O) groups is 1. The van der Waals surface area contributed by atoms with E-state index in [2.05, 4.69) is 15.3 Å². The van der Waals surface area contributed by atoms with Gasteiger partial charge in [0.1, 0.15) is 11.4 Å². The predicted molar refractivity (Wildman–Crippen MR) is 118 cm³/mol. The highest BCUT2D eigenvalue weighted by molar-refractivity contribution is 6.05. The van der Waals surface area contributed by atoms with Crippen molar-refractivity contribution >= 4 is 16.9 Å². The van der Waals surface area contributed by atoms with E-state index in [-0.39, 0.29) is 34.5 Å². The van der Waals surface area contributed by atoms with Crippen LogP contribution in [0.2, 0.25) is 0 Å². The molecule has 8 heteroatoms. The van der Waals surface area contributed by atoms with Crippen LogP contribution in [0.15, 0.2) is 39.9 Å². The molecular formula is C23H26N4O4. The lowest BCUT2D eigenvalue weighted by Crippen LogP contribution is -2.34. The minimum Gasteiger partial charge on any atom is -0.497 e. The Morgan fingerprint density at radius 1 is 1.23 bits per heavy atom. The van der Waals surface area contributed by atoms with E-state index in [4.69, 9.17) is 4.74 Å². The first kappa shape index (κ1) is 20.8. The van der Waals surface area contributed by atoms with Gasteiger partial charge >= 0.3 is 5.69 Å². The second-order valence-electron chi connectivity index (χ2n) is 8.33. The topological polar surface area (TPSA) is 106 Å². The molecule has 0 bridgehead atoms. The van der Waals surface area contributed by atoms with E-state index >= 15 is 0 Å². The van der Waals surface area contributed by atoms with Gasteiger partial charge in [-0.1, -0.05) is 26.0 Å². The summed E-state index contributed by atoms with van der Waals surface area (Å²) in [5.74, 6) is 0.758. The number of H-pyrrole nitrogens is 1. The number of aromatic nitrogens is 3. The number of pyridine rings is 1. The van der Waals surface area contributed by atoms with Gasteiger partial charge in [0, 0.05) is 12.7 Å². The standard InChI is InChI=1S/C23H26N4O4/c1-12(2)17-11-16(18-20(24-17)27(3)23(30)26-22(18)29)21(28)25-19(13-5-6-13)14-7-9-15(31-4)10-8-14/h7-13,19H,5-6H2,1-4H3,(H,25,28)(H,26,29,30)/t19-/m0/s1. The Morgan fingerprint density at radius 2 is 1.90 bits per heavy atom. The number of methoxy groups -OCH3 is 1. The van der Waals surface area contributed by atoms with Crippen LogP contribution in [-0.2, 0) is 7.05 Å². The Balaban J connectivity index is 1.79. The third kappa shape index (κ3) is 3.97. The van der Waals surface area contributed by atoms with Crippen molar-refractivity contribution in [3.8, 4) is 5.75 Å². The number of amides is 1. The van der Waals surface area contributed by atoms with E-state index in [9.17, 15) is 14.4 Å². The molecule has 1 amide bonds. The highest BCUT2D eigenvalue weighted by Gasteiger charge is 2.34. The quantitative estimate of drug-likeness (QED) is 0.635. The summed E-state index contributed by atoms with van der Waals surface area (Å²) in [4.78, 5) is 44.9. The molecule has 8 nitrogen and oxygen atoms in total. The molecule has 2 N–H and O–H groups in total. The Morgan fingerprint density at radius 3 is 2.48 bits per heavy atom. The van der Waals surface area contributed by atoms with Gasteiger partial charge in [-0.25, -0.2) is 9.78 Å². The van der Waals surface area contributed by atoms with Crippen molar-refractivity contribution in [2.75, 3.05) is 7.11 Å². The fraction of sp³-hybridized carbons (Fsp3) is 0.391. The van der Waals surface area contributed by atoms with Crippen molar-refractivity contribution in [2.45, 2.75) is 38.6 Å². The number of hydrogen-bond acceptors (Lipinski definition) is 5. The average Bonchev–Trinajstić information content (AvgIpc) is 3.60. The lowest BCUT2D eigenvalue weighted by molar-refractivity contribution is 0.0933. The van der Waals surface area contributed by atoms with Crippen LogP contribution in [0.5, 0.6) is 5.75 Å². The van der Waals surface area contributed by atoms with Gasteiger partial charge in [-0.05, 0) is 48.4 Å². The highest BCUT2D eigenvalue weighted by Crippen LogP contribution is 2.41. The lowest BCUT2D eigenvalue weighted by atomic mass is 10.00. The van der Waals surface area contributed by atoms with Crippen LogP contribution in [0, 0.1) is 5.92 Å². The summed E-state index contributed by atoms with van der Waals surface area (Å²) in [6.07, 6.45) is 2.06. The molecule has 0 radical (unpaired) electrons. The third-order valence-corrected chi connectivity index (χ3v) is 5.78. The number of fused-ring (bicyclic) bond motifs is 1. The van der Waals surface area contributed by atoms with Crippen LogP contribution in [0.3, 0.4) is 0 Å². The third-order valence-electron chi connectivity index (χ3n) is 5.78. The molecular weight excluding hydrogens is 396 g/mol. The van der Waals surface area contributed by atoms with E-state index in [1.165, 1.54) is 11.6 Å². The molecule has 0 aliphatic heterocycles. The van der Waals surface area contributed by atoms with Crippen molar-refractivity contribution in [3.63, 3.8) is 0 Å². The Hall–Kier alpha value is -3.42. The molecule has 2 heterocycles. The molecule has 1 atom stereocenters. The minimum atomic E-state index is -0.613. The van der Waals surface area contributed by atoms with E-state index < -0.39 is 11.2 Å². The predicted octanol–water partition coefficient (Wildman–Crippen LogP) is 2.63. The molecule has 2 aromatic heterocycles. The van der Waals surface area contributed by atoms with Crippen LogP contribution in [0.25, 0.3) is 11.0 Å². The number of benzene rings is 1. The molecule has 0 spiro atoms. The summed E-state index contributed by atoms with van der Waals surface area (Å²) < 4.78 is 6.50. The molecule has 1 aromatic carbocycles. The zero-order valence-corrected chi connectivity index (χ0v) is 18.1. The molecule has 4 rings (SSSR count). The number of aryl methyl sites for hydroxylation is 1. The second-order valence-corrected chi connectivity index (χ2v) is 8.33. The number of ether oxygens (including phenoxy) is 1. The van der Waals surface area contributed by atoms with Crippen LogP contribution in [0.4, 0.5) is 0 Å². The minimum absolute atomic E-state index is 0.0196. The Bertz CT molecular complexity index is 1250. The first-order valence-corrected chi connectivity index (χ1v) is 10.4. The number of rotatable bonds is 6. The average molecular weight is 422 g/mol. The molecule has 3 aromatic rings. The second kappa shape index (κ2) is 8.02. The van der Waals surface area contributed by atoms with Gasteiger partial charge in [0.2, 0.25) is 0 Å². The van der Waals surface area contributed by atoms with Crippen molar-refractivity contribution in [3.05, 3.63) is 68.0 Å². The number of nitrogens with zero attached hydrogens (tertiary/aromatic N) is 2. The summed E-state index contributed by atoms with van der Waals surface area (Å²) in [6, 6.07) is 9.12. The van der Waals surface area contributed by atoms with Gasteiger partial charge in [0.05, 0.1) is 24.1 Å². The van der Waals surface area contributed by atoms with E-state index in [0.29, 0.717) is 11.6 Å².